The first kappa shape index (κ1) is 11.8. The monoisotopic (exact) mass is 211 g/mol. The molecule has 0 aliphatic carbocycles. The molecule has 0 aromatic carbocycles. The zero-order valence-electron chi connectivity index (χ0n) is 9.16. The van der Waals surface area contributed by atoms with E-state index < -0.39 is 0 Å². The zero-order chi connectivity index (χ0) is 11.3. The highest BCUT2D eigenvalue weighted by molar-refractivity contribution is 5.69. The van der Waals surface area contributed by atoms with E-state index in [1.54, 1.807) is 6.26 Å². The van der Waals surface area contributed by atoms with Crippen LogP contribution in [-0.2, 0) is 16.0 Å². The fourth-order valence-corrected chi connectivity index (χ4v) is 1.36. The van der Waals surface area contributed by atoms with Crippen molar-refractivity contribution in [2.75, 3.05) is 7.11 Å². The third-order valence-corrected chi connectivity index (χ3v) is 2.36. The van der Waals surface area contributed by atoms with Gasteiger partial charge in [-0.05, 0) is 25.0 Å². The van der Waals surface area contributed by atoms with Gasteiger partial charge in [0, 0.05) is 18.9 Å². The molecule has 4 heteroatoms. The minimum Gasteiger partial charge on any atom is -0.469 e. The quantitative estimate of drug-likeness (QED) is 0.748. The lowest BCUT2D eigenvalue weighted by Gasteiger charge is -2.09. The summed E-state index contributed by atoms with van der Waals surface area (Å²) in [5.41, 5.74) is 6.97. The van der Waals surface area contributed by atoms with Gasteiger partial charge in [0.05, 0.1) is 13.4 Å². The molecule has 1 aromatic heterocycles. The van der Waals surface area contributed by atoms with Crippen LogP contribution in [0.5, 0.6) is 0 Å². The van der Waals surface area contributed by atoms with E-state index in [9.17, 15) is 4.79 Å². The van der Waals surface area contributed by atoms with Gasteiger partial charge in [0.15, 0.2) is 0 Å². The van der Waals surface area contributed by atoms with Crippen molar-refractivity contribution in [2.45, 2.75) is 32.2 Å². The van der Waals surface area contributed by atoms with E-state index in [-0.39, 0.29) is 12.0 Å². The molecular weight excluding hydrogens is 194 g/mol. The van der Waals surface area contributed by atoms with E-state index in [1.165, 1.54) is 7.11 Å². The molecule has 1 aromatic rings. The smallest absolute Gasteiger partial charge is 0.305 e. The van der Waals surface area contributed by atoms with E-state index in [2.05, 4.69) is 4.74 Å². The number of rotatable bonds is 5. The number of hydrogen-bond acceptors (Lipinski definition) is 4. The molecule has 1 unspecified atom stereocenters. The van der Waals surface area contributed by atoms with Crippen molar-refractivity contribution < 1.29 is 13.9 Å². The predicted molar refractivity (Wildman–Crippen MR) is 56.4 cm³/mol. The van der Waals surface area contributed by atoms with Crippen molar-refractivity contribution in [2.24, 2.45) is 5.73 Å². The Hall–Kier alpha value is -1.29. The minimum absolute atomic E-state index is 0.0612. The van der Waals surface area contributed by atoms with Crippen LogP contribution >= 0.6 is 0 Å². The Labute approximate surface area is 89.4 Å². The lowest BCUT2D eigenvalue weighted by molar-refractivity contribution is -0.140. The molecule has 0 aliphatic heterocycles. The number of methoxy groups -OCH3 is 1. The maximum atomic E-state index is 10.9. The van der Waals surface area contributed by atoms with Crippen LogP contribution in [0, 0.1) is 6.92 Å². The first-order valence-electron chi connectivity index (χ1n) is 4.99. The van der Waals surface area contributed by atoms with Crippen LogP contribution in [0.15, 0.2) is 16.7 Å². The van der Waals surface area contributed by atoms with Gasteiger partial charge in [-0.3, -0.25) is 4.79 Å². The second kappa shape index (κ2) is 5.56. The van der Waals surface area contributed by atoms with Crippen LogP contribution in [0.3, 0.4) is 0 Å². The van der Waals surface area contributed by atoms with Crippen LogP contribution in [0.2, 0.25) is 0 Å². The maximum absolute atomic E-state index is 10.9. The Morgan fingerprint density at radius 1 is 1.67 bits per heavy atom. The highest BCUT2D eigenvalue weighted by atomic mass is 16.5. The summed E-state index contributed by atoms with van der Waals surface area (Å²) < 4.78 is 9.81. The third-order valence-electron chi connectivity index (χ3n) is 2.36. The molecule has 1 heterocycles. The van der Waals surface area contributed by atoms with E-state index >= 15 is 0 Å². The van der Waals surface area contributed by atoms with Crippen LogP contribution in [0.25, 0.3) is 0 Å². The SMILES string of the molecule is COC(=O)CCC(N)Cc1occc1C. The molecule has 2 N–H and O–H groups in total. The van der Waals surface area contributed by atoms with Gasteiger partial charge in [-0.25, -0.2) is 0 Å². The molecule has 15 heavy (non-hydrogen) atoms. The summed E-state index contributed by atoms with van der Waals surface area (Å²) in [5.74, 6) is 0.675. The standard InChI is InChI=1S/C11H17NO3/c1-8-5-6-15-10(8)7-9(12)3-4-11(13)14-2/h5-6,9H,3-4,7,12H2,1-2H3. The molecule has 0 spiro atoms. The van der Waals surface area contributed by atoms with Gasteiger partial charge in [0.2, 0.25) is 0 Å². The van der Waals surface area contributed by atoms with Gasteiger partial charge in [0.1, 0.15) is 5.76 Å². The number of esters is 1. The maximum Gasteiger partial charge on any atom is 0.305 e. The van der Waals surface area contributed by atoms with Crippen molar-refractivity contribution in [3.05, 3.63) is 23.7 Å². The predicted octanol–water partition coefficient (Wildman–Crippen LogP) is 1.41. The number of aryl methyl sites for hydroxylation is 1. The summed E-state index contributed by atoms with van der Waals surface area (Å²) in [6.07, 6.45) is 3.29. The summed E-state index contributed by atoms with van der Waals surface area (Å²) >= 11 is 0. The molecule has 0 aliphatic rings. The highest BCUT2D eigenvalue weighted by Crippen LogP contribution is 2.12. The highest BCUT2D eigenvalue weighted by Gasteiger charge is 2.11. The lowest BCUT2D eigenvalue weighted by Crippen LogP contribution is -2.24. The lowest BCUT2D eigenvalue weighted by atomic mass is 10.1. The van der Waals surface area contributed by atoms with Gasteiger partial charge >= 0.3 is 5.97 Å². The molecule has 0 saturated heterocycles. The Kier molecular flexibility index (Phi) is 4.37. The molecule has 0 bridgehead atoms. The van der Waals surface area contributed by atoms with E-state index in [4.69, 9.17) is 10.2 Å². The van der Waals surface area contributed by atoms with Crippen molar-refractivity contribution in [1.29, 1.82) is 0 Å². The first-order valence-corrected chi connectivity index (χ1v) is 4.99. The first-order chi connectivity index (χ1) is 7.13. The Bertz CT molecular complexity index is 319. The fraction of sp³-hybridized carbons (Fsp3) is 0.545. The molecule has 84 valence electrons. The molecular formula is C11H17NO3. The van der Waals surface area contributed by atoms with Crippen molar-refractivity contribution in [3.63, 3.8) is 0 Å². The minimum atomic E-state index is -0.221. The van der Waals surface area contributed by atoms with E-state index in [0.29, 0.717) is 19.3 Å². The number of furan rings is 1. The number of hydrogen-bond donors (Lipinski definition) is 1. The van der Waals surface area contributed by atoms with Crippen molar-refractivity contribution in [1.82, 2.24) is 0 Å². The molecule has 0 saturated carbocycles. The molecule has 4 nitrogen and oxygen atoms in total. The van der Waals surface area contributed by atoms with Crippen LogP contribution in [0.4, 0.5) is 0 Å². The van der Waals surface area contributed by atoms with Crippen LogP contribution in [0.1, 0.15) is 24.2 Å². The Balaban J connectivity index is 2.33. The summed E-state index contributed by atoms with van der Waals surface area (Å²) in [6, 6.07) is 1.84. The number of carbonyl (C=O) groups excluding carboxylic acids is 1. The second-order valence-corrected chi connectivity index (χ2v) is 3.61. The van der Waals surface area contributed by atoms with E-state index in [0.717, 1.165) is 11.3 Å². The molecule has 1 atom stereocenters. The number of carbonyl (C=O) groups is 1. The molecule has 0 radical (unpaired) electrons. The van der Waals surface area contributed by atoms with Crippen LogP contribution < -0.4 is 5.73 Å². The van der Waals surface area contributed by atoms with Gasteiger partial charge in [-0.15, -0.1) is 0 Å². The fourth-order valence-electron chi connectivity index (χ4n) is 1.36. The molecule has 0 fully saturated rings. The normalized spacial score (nSPS) is 12.5. The molecule has 1 rings (SSSR count). The van der Waals surface area contributed by atoms with Crippen molar-refractivity contribution >= 4 is 5.97 Å². The topological polar surface area (TPSA) is 65.5 Å². The number of nitrogens with two attached hydrogens (primary N) is 1. The average molecular weight is 211 g/mol. The third kappa shape index (κ3) is 3.75. The summed E-state index contributed by atoms with van der Waals surface area (Å²) in [5, 5.41) is 0. The van der Waals surface area contributed by atoms with E-state index in [1.807, 2.05) is 13.0 Å². The molecule has 0 amide bonds. The Morgan fingerprint density at radius 3 is 2.93 bits per heavy atom. The zero-order valence-corrected chi connectivity index (χ0v) is 9.16. The summed E-state index contributed by atoms with van der Waals surface area (Å²) in [4.78, 5) is 10.9. The van der Waals surface area contributed by atoms with Gasteiger partial charge in [0.25, 0.3) is 0 Å². The largest absolute Gasteiger partial charge is 0.469 e. The second-order valence-electron chi connectivity index (χ2n) is 3.61. The van der Waals surface area contributed by atoms with Crippen LogP contribution in [-0.4, -0.2) is 19.1 Å². The van der Waals surface area contributed by atoms with Gasteiger partial charge in [-0.2, -0.15) is 0 Å². The van der Waals surface area contributed by atoms with Gasteiger partial charge < -0.3 is 14.9 Å². The average Bonchev–Trinajstić information content (AvgIpc) is 2.61. The summed E-state index contributed by atoms with van der Waals surface area (Å²) in [7, 11) is 1.38. The summed E-state index contributed by atoms with van der Waals surface area (Å²) in [6.45, 7) is 1.98. The number of ether oxygens (including phenoxy) is 1. The van der Waals surface area contributed by atoms with Crippen molar-refractivity contribution in [3.8, 4) is 0 Å². The van der Waals surface area contributed by atoms with Gasteiger partial charge in [-0.1, -0.05) is 0 Å². The Morgan fingerprint density at radius 2 is 2.40 bits per heavy atom.